The highest BCUT2D eigenvalue weighted by Crippen LogP contribution is 2.20. The maximum absolute atomic E-state index is 5.98. The van der Waals surface area contributed by atoms with Crippen LogP contribution < -0.4 is 15.2 Å². The van der Waals surface area contributed by atoms with E-state index in [9.17, 15) is 0 Å². The van der Waals surface area contributed by atoms with E-state index in [0.29, 0.717) is 32.1 Å². The molecule has 2 N–H and O–H groups in total. The van der Waals surface area contributed by atoms with E-state index in [4.69, 9.17) is 29.4 Å². The third-order valence-electron chi connectivity index (χ3n) is 5.03. The van der Waals surface area contributed by atoms with Crippen molar-refractivity contribution in [3.05, 3.63) is 54.1 Å². The second kappa shape index (κ2) is 14.8. The Morgan fingerprint density at radius 2 is 1.24 bits per heavy atom. The SMILES string of the molecule is CCCc1ccccc1OCC(C)OCC(C)OCC(C)OCC(C)Oc1ccc(N)cc1. The molecular weight excluding hydrogens is 418 g/mol. The van der Waals surface area contributed by atoms with Gasteiger partial charge in [-0.3, -0.25) is 0 Å². The Morgan fingerprint density at radius 1 is 0.697 bits per heavy atom. The van der Waals surface area contributed by atoms with Gasteiger partial charge in [0.05, 0.1) is 38.1 Å². The molecule has 0 aromatic heterocycles. The summed E-state index contributed by atoms with van der Waals surface area (Å²) in [4.78, 5) is 0. The van der Waals surface area contributed by atoms with Crippen LogP contribution in [0.3, 0.4) is 0 Å². The zero-order valence-corrected chi connectivity index (χ0v) is 20.8. The van der Waals surface area contributed by atoms with Crippen LogP contribution in [-0.2, 0) is 20.6 Å². The van der Waals surface area contributed by atoms with E-state index in [1.165, 1.54) is 5.56 Å². The molecule has 0 aliphatic heterocycles. The summed E-state index contributed by atoms with van der Waals surface area (Å²) >= 11 is 0. The molecule has 0 aliphatic rings. The van der Waals surface area contributed by atoms with Crippen molar-refractivity contribution >= 4 is 5.69 Å². The number of nitrogens with two attached hydrogens (primary N) is 1. The van der Waals surface area contributed by atoms with E-state index >= 15 is 0 Å². The highest BCUT2D eigenvalue weighted by molar-refractivity contribution is 5.41. The van der Waals surface area contributed by atoms with Crippen molar-refractivity contribution in [3.8, 4) is 11.5 Å². The molecule has 0 saturated heterocycles. The molecule has 2 aromatic carbocycles. The summed E-state index contributed by atoms with van der Waals surface area (Å²) in [6.45, 7) is 12.2. The summed E-state index contributed by atoms with van der Waals surface area (Å²) in [6.07, 6.45) is 1.95. The first-order chi connectivity index (χ1) is 15.9. The lowest BCUT2D eigenvalue weighted by molar-refractivity contribution is -0.0798. The van der Waals surface area contributed by atoms with Crippen molar-refractivity contribution in [3.63, 3.8) is 0 Å². The Labute approximate surface area is 199 Å². The summed E-state index contributed by atoms with van der Waals surface area (Å²) in [5.41, 5.74) is 7.66. The molecular formula is C27H41NO5. The lowest BCUT2D eigenvalue weighted by Gasteiger charge is -2.22. The number of hydrogen-bond acceptors (Lipinski definition) is 6. The lowest BCUT2D eigenvalue weighted by atomic mass is 10.1. The molecule has 0 radical (unpaired) electrons. The summed E-state index contributed by atoms with van der Waals surface area (Å²) in [5.74, 6) is 1.72. The largest absolute Gasteiger partial charge is 0.491 e. The molecule has 0 aliphatic carbocycles. The first-order valence-electron chi connectivity index (χ1n) is 11.9. The van der Waals surface area contributed by atoms with Crippen molar-refractivity contribution in [1.82, 2.24) is 0 Å². The number of rotatable bonds is 16. The molecule has 0 heterocycles. The van der Waals surface area contributed by atoms with E-state index < -0.39 is 0 Å². The van der Waals surface area contributed by atoms with Crippen LogP contribution >= 0.6 is 0 Å². The summed E-state index contributed by atoms with van der Waals surface area (Å²) in [5, 5.41) is 0. The van der Waals surface area contributed by atoms with Crippen LogP contribution in [-0.4, -0.2) is 50.8 Å². The van der Waals surface area contributed by atoms with E-state index in [2.05, 4.69) is 19.1 Å². The molecule has 2 rings (SSSR count). The highest BCUT2D eigenvalue weighted by Gasteiger charge is 2.13. The Hall–Kier alpha value is -2.28. The average Bonchev–Trinajstić information content (AvgIpc) is 2.81. The second-order valence-corrected chi connectivity index (χ2v) is 8.60. The van der Waals surface area contributed by atoms with Crippen molar-refractivity contribution < 1.29 is 23.7 Å². The monoisotopic (exact) mass is 459 g/mol. The molecule has 4 atom stereocenters. The fraction of sp³-hybridized carbons (Fsp3) is 0.556. The Bertz CT molecular complexity index is 782. The minimum absolute atomic E-state index is 0.0225. The van der Waals surface area contributed by atoms with Crippen molar-refractivity contribution in [2.75, 3.05) is 32.2 Å². The molecule has 2 aromatic rings. The third-order valence-corrected chi connectivity index (χ3v) is 5.03. The summed E-state index contributed by atoms with van der Waals surface area (Å²) in [6, 6.07) is 15.5. The quantitative estimate of drug-likeness (QED) is 0.344. The van der Waals surface area contributed by atoms with Gasteiger partial charge in [0, 0.05) is 5.69 Å². The summed E-state index contributed by atoms with van der Waals surface area (Å²) < 4.78 is 29.5. The highest BCUT2D eigenvalue weighted by atomic mass is 16.6. The van der Waals surface area contributed by atoms with Gasteiger partial charge in [-0.1, -0.05) is 31.5 Å². The Kier molecular flexibility index (Phi) is 12.1. The molecule has 0 bridgehead atoms. The second-order valence-electron chi connectivity index (χ2n) is 8.60. The van der Waals surface area contributed by atoms with Gasteiger partial charge in [-0.2, -0.15) is 0 Å². The first-order valence-corrected chi connectivity index (χ1v) is 11.9. The molecule has 0 saturated carbocycles. The van der Waals surface area contributed by atoms with E-state index in [1.807, 2.05) is 64.1 Å². The van der Waals surface area contributed by atoms with Gasteiger partial charge in [0.1, 0.15) is 24.2 Å². The minimum atomic E-state index is -0.0693. The van der Waals surface area contributed by atoms with Gasteiger partial charge in [0.15, 0.2) is 0 Å². The van der Waals surface area contributed by atoms with Crippen molar-refractivity contribution in [2.24, 2.45) is 0 Å². The third kappa shape index (κ3) is 10.9. The van der Waals surface area contributed by atoms with Crippen LogP contribution in [0.2, 0.25) is 0 Å². The first kappa shape index (κ1) is 27.0. The van der Waals surface area contributed by atoms with E-state index in [1.54, 1.807) is 0 Å². The van der Waals surface area contributed by atoms with Gasteiger partial charge < -0.3 is 29.4 Å². The van der Waals surface area contributed by atoms with Crippen LogP contribution in [0, 0.1) is 0 Å². The van der Waals surface area contributed by atoms with Crippen LogP contribution in [0.15, 0.2) is 48.5 Å². The van der Waals surface area contributed by atoms with Gasteiger partial charge in [0.2, 0.25) is 0 Å². The van der Waals surface area contributed by atoms with E-state index in [-0.39, 0.29) is 24.4 Å². The maximum Gasteiger partial charge on any atom is 0.122 e. The topological polar surface area (TPSA) is 72.2 Å². The van der Waals surface area contributed by atoms with Crippen LogP contribution in [0.5, 0.6) is 11.5 Å². The molecule has 0 amide bonds. The predicted octanol–water partition coefficient (Wildman–Crippen LogP) is 5.28. The summed E-state index contributed by atoms with van der Waals surface area (Å²) in [7, 11) is 0. The molecule has 4 unspecified atom stereocenters. The van der Waals surface area contributed by atoms with Gasteiger partial charge in [-0.15, -0.1) is 0 Å². The van der Waals surface area contributed by atoms with Gasteiger partial charge in [-0.05, 0) is 70.0 Å². The number of nitrogen functional groups attached to an aromatic ring is 1. The molecule has 0 spiro atoms. The zero-order valence-electron chi connectivity index (χ0n) is 20.8. The molecule has 6 heteroatoms. The zero-order chi connectivity index (χ0) is 24.1. The molecule has 33 heavy (non-hydrogen) atoms. The standard InChI is InChI=1S/C27H41NO5/c1-6-9-24-10-7-8-11-27(24)32-18-22(4)30-16-20(2)29-17-21(3)31-19-23(5)33-26-14-12-25(28)13-15-26/h7-8,10-15,20-23H,6,9,16-19,28H2,1-5H3. The van der Waals surface area contributed by atoms with E-state index in [0.717, 1.165) is 24.3 Å². The number of para-hydroxylation sites is 1. The Balaban J connectivity index is 1.58. The van der Waals surface area contributed by atoms with Crippen LogP contribution in [0.4, 0.5) is 5.69 Å². The fourth-order valence-corrected chi connectivity index (χ4v) is 3.18. The van der Waals surface area contributed by atoms with Crippen molar-refractivity contribution in [2.45, 2.75) is 71.9 Å². The van der Waals surface area contributed by atoms with Gasteiger partial charge in [-0.25, -0.2) is 0 Å². The van der Waals surface area contributed by atoms with Crippen molar-refractivity contribution in [1.29, 1.82) is 0 Å². The number of anilines is 1. The average molecular weight is 460 g/mol. The van der Waals surface area contributed by atoms with Crippen LogP contribution in [0.25, 0.3) is 0 Å². The van der Waals surface area contributed by atoms with Crippen LogP contribution in [0.1, 0.15) is 46.6 Å². The smallest absolute Gasteiger partial charge is 0.122 e. The number of ether oxygens (including phenoxy) is 5. The molecule has 0 fully saturated rings. The molecule has 6 nitrogen and oxygen atoms in total. The molecule has 184 valence electrons. The number of benzene rings is 2. The minimum Gasteiger partial charge on any atom is -0.491 e. The van der Waals surface area contributed by atoms with Gasteiger partial charge >= 0.3 is 0 Å². The maximum atomic E-state index is 5.98. The fourth-order valence-electron chi connectivity index (χ4n) is 3.18. The normalized spacial score (nSPS) is 14.9. The van der Waals surface area contributed by atoms with Gasteiger partial charge in [0.25, 0.3) is 0 Å². The lowest BCUT2D eigenvalue weighted by Crippen LogP contribution is -2.29. The predicted molar refractivity (Wildman–Crippen MR) is 133 cm³/mol. The Morgan fingerprint density at radius 3 is 1.85 bits per heavy atom. The number of hydrogen-bond donors (Lipinski definition) is 1. The number of aryl methyl sites for hydroxylation is 1.